The third kappa shape index (κ3) is 1.66. The summed E-state index contributed by atoms with van der Waals surface area (Å²) in [5.74, 6) is 0. The maximum absolute atomic E-state index is 10.5. The van der Waals surface area contributed by atoms with E-state index in [1.807, 2.05) is 18.2 Å². The van der Waals surface area contributed by atoms with Crippen molar-refractivity contribution in [1.82, 2.24) is 0 Å². The monoisotopic (exact) mass is 272 g/mol. The van der Waals surface area contributed by atoms with Gasteiger partial charge < -0.3 is 0 Å². The largest absolute Gasteiger partial charge is 0.297 e. The fourth-order valence-corrected chi connectivity index (χ4v) is 3.10. The second-order valence-electron chi connectivity index (χ2n) is 2.61. The summed E-state index contributed by atoms with van der Waals surface area (Å²) >= 11 is 9.19. The number of fused-ring (bicyclic) bond motifs is 1. The van der Waals surface area contributed by atoms with Crippen molar-refractivity contribution in [3.05, 3.63) is 27.5 Å². The third-order valence-electron chi connectivity index (χ3n) is 1.70. The number of carbonyl (C=O) groups excluding carboxylic acids is 1. The number of hydrogen-bond donors (Lipinski definition) is 1. The van der Waals surface area contributed by atoms with Gasteiger partial charge in [0.25, 0.3) is 0 Å². The van der Waals surface area contributed by atoms with Crippen LogP contribution in [-0.4, -0.2) is 6.29 Å². The van der Waals surface area contributed by atoms with Gasteiger partial charge in [-0.15, -0.1) is 24.0 Å². The van der Waals surface area contributed by atoms with E-state index < -0.39 is 0 Å². The van der Waals surface area contributed by atoms with Crippen LogP contribution in [0.4, 0.5) is 0 Å². The number of aldehydes is 1. The van der Waals surface area contributed by atoms with Gasteiger partial charge in [-0.3, -0.25) is 4.79 Å². The molecule has 66 valence electrons. The van der Waals surface area contributed by atoms with Crippen molar-refractivity contribution in [3.8, 4) is 0 Å². The molecule has 0 N–H and O–H groups in total. The van der Waals surface area contributed by atoms with E-state index in [1.54, 1.807) is 0 Å². The van der Waals surface area contributed by atoms with Gasteiger partial charge in [0.1, 0.15) is 0 Å². The van der Waals surface area contributed by atoms with Crippen molar-refractivity contribution in [2.45, 2.75) is 4.90 Å². The Balaban J connectivity index is 2.82. The lowest BCUT2D eigenvalue weighted by molar-refractivity contribution is 0.112. The van der Waals surface area contributed by atoms with E-state index in [0.29, 0.717) is 0 Å². The summed E-state index contributed by atoms with van der Waals surface area (Å²) in [7, 11) is 0. The average molecular weight is 273 g/mol. The average Bonchev–Trinajstić information content (AvgIpc) is 2.47. The Labute approximate surface area is 93.3 Å². The molecule has 1 nitrogen and oxygen atoms in total. The molecule has 2 aromatic rings. The van der Waals surface area contributed by atoms with Crippen LogP contribution < -0.4 is 0 Å². The highest BCUT2D eigenvalue weighted by molar-refractivity contribution is 9.10. The Morgan fingerprint density at radius 1 is 1.38 bits per heavy atom. The molecule has 0 aliphatic carbocycles. The molecular weight excluding hydrogens is 268 g/mol. The van der Waals surface area contributed by atoms with Crippen LogP contribution in [0.15, 0.2) is 27.6 Å². The summed E-state index contributed by atoms with van der Waals surface area (Å²) in [5.41, 5.74) is 0. The quantitative estimate of drug-likeness (QED) is 0.618. The fraction of sp³-hybridized carbons (Fsp3) is 0. The van der Waals surface area contributed by atoms with Gasteiger partial charge >= 0.3 is 0 Å². The molecule has 4 heteroatoms. The first-order valence-electron chi connectivity index (χ1n) is 3.58. The number of benzene rings is 1. The van der Waals surface area contributed by atoms with E-state index in [2.05, 4.69) is 28.6 Å². The minimum atomic E-state index is 0.739. The first kappa shape index (κ1) is 9.24. The Bertz CT molecular complexity index is 476. The molecule has 0 amide bonds. The molecule has 1 heterocycles. The third-order valence-corrected chi connectivity index (χ3v) is 3.77. The molecule has 2 rings (SSSR count). The smallest absolute Gasteiger partial charge is 0.160 e. The molecule has 0 spiro atoms. The van der Waals surface area contributed by atoms with Gasteiger partial charge in [-0.25, -0.2) is 0 Å². The molecule has 0 aliphatic heterocycles. The lowest BCUT2D eigenvalue weighted by atomic mass is 10.2. The van der Waals surface area contributed by atoms with Crippen LogP contribution in [0.25, 0.3) is 10.1 Å². The molecule has 0 fully saturated rings. The van der Waals surface area contributed by atoms with E-state index in [1.165, 1.54) is 11.3 Å². The van der Waals surface area contributed by atoms with Gasteiger partial charge in [0, 0.05) is 14.1 Å². The molecule has 1 aromatic carbocycles. The fourth-order valence-electron chi connectivity index (χ4n) is 1.18. The number of thiol groups is 1. The highest BCUT2D eigenvalue weighted by Crippen LogP contribution is 2.32. The van der Waals surface area contributed by atoms with Crippen molar-refractivity contribution >= 4 is 56.3 Å². The Hall–Kier alpha value is -0.320. The maximum atomic E-state index is 10.5. The molecule has 13 heavy (non-hydrogen) atoms. The van der Waals surface area contributed by atoms with Gasteiger partial charge in [0.2, 0.25) is 0 Å². The van der Waals surface area contributed by atoms with Crippen LogP contribution in [-0.2, 0) is 0 Å². The van der Waals surface area contributed by atoms with Crippen LogP contribution in [0.5, 0.6) is 0 Å². The standard InChI is InChI=1S/C9H5BrOS2/c10-6-1-5-2-7(4-11)13-9(5)8(12)3-6/h1-4,12H. The summed E-state index contributed by atoms with van der Waals surface area (Å²) in [6.07, 6.45) is 0.867. The van der Waals surface area contributed by atoms with E-state index in [9.17, 15) is 4.79 Å². The van der Waals surface area contributed by atoms with Crippen molar-refractivity contribution in [2.75, 3.05) is 0 Å². The second-order valence-corrected chi connectivity index (χ2v) is 5.09. The molecule has 0 atom stereocenters. The first-order chi connectivity index (χ1) is 6.20. The summed E-state index contributed by atoms with van der Waals surface area (Å²) in [6, 6.07) is 5.78. The zero-order chi connectivity index (χ0) is 9.42. The second kappa shape index (κ2) is 3.44. The minimum Gasteiger partial charge on any atom is -0.297 e. The van der Waals surface area contributed by atoms with Crippen LogP contribution in [0, 0.1) is 0 Å². The Kier molecular flexibility index (Phi) is 2.45. The van der Waals surface area contributed by atoms with E-state index in [4.69, 9.17) is 0 Å². The SMILES string of the molecule is O=Cc1cc2cc(Br)cc(S)c2s1. The topological polar surface area (TPSA) is 17.1 Å². The normalized spacial score (nSPS) is 10.6. The zero-order valence-corrected chi connectivity index (χ0v) is 9.75. The molecular formula is C9H5BrOS2. The van der Waals surface area contributed by atoms with Crippen molar-refractivity contribution in [2.24, 2.45) is 0 Å². The van der Waals surface area contributed by atoms with E-state index in [0.717, 1.165) is 30.6 Å². The molecule has 0 aliphatic rings. The maximum Gasteiger partial charge on any atom is 0.160 e. The van der Waals surface area contributed by atoms with Gasteiger partial charge in [0.05, 0.1) is 4.88 Å². The van der Waals surface area contributed by atoms with Gasteiger partial charge in [0.15, 0.2) is 6.29 Å². The minimum absolute atomic E-state index is 0.739. The van der Waals surface area contributed by atoms with Crippen molar-refractivity contribution in [3.63, 3.8) is 0 Å². The number of thiophene rings is 1. The molecule has 1 aromatic heterocycles. The van der Waals surface area contributed by atoms with Crippen LogP contribution >= 0.6 is 39.9 Å². The van der Waals surface area contributed by atoms with Gasteiger partial charge in [-0.05, 0) is 23.6 Å². The lowest BCUT2D eigenvalue weighted by Gasteiger charge is -1.95. The molecule has 0 unspecified atom stereocenters. The summed E-state index contributed by atoms with van der Waals surface area (Å²) in [5, 5.41) is 1.06. The van der Waals surface area contributed by atoms with E-state index in [-0.39, 0.29) is 0 Å². The molecule has 0 saturated carbocycles. The van der Waals surface area contributed by atoms with Crippen molar-refractivity contribution < 1.29 is 4.79 Å². The summed E-state index contributed by atoms with van der Waals surface area (Å²) < 4.78 is 2.05. The van der Waals surface area contributed by atoms with E-state index >= 15 is 0 Å². The van der Waals surface area contributed by atoms with Crippen molar-refractivity contribution in [1.29, 1.82) is 0 Å². The molecule has 0 bridgehead atoms. The number of carbonyl (C=O) groups is 1. The number of hydrogen-bond acceptors (Lipinski definition) is 3. The van der Waals surface area contributed by atoms with Crippen LogP contribution in [0.1, 0.15) is 9.67 Å². The Morgan fingerprint density at radius 3 is 2.85 bits per heavy atom. The van der Waals surface area contributed by atoms with Crippen LogP contribution in [0.2, 0.25) is 0 Å². The number of halogens is 1. The highest BCUT2D eigenvalue weighted by atomic mass is 79.9. The van der Waals surface area contributed by atoms with Gasteiger partial charge in [-0.2, -0.15) is 0 Å². The summed E-state index contributed by atoms with van der Waals surface area (Å²) in [4.78, 5) is 12.2. The highest BCUT2D eigenvalue weighted by Gasteiger charge is 2.04. The molecule has 0 saturated heterocycles. The lowest BCUT2D eigenvalue weighted by Crippen LogP contribution is -1.68. The predicted octanol–water partition coefficient (Wildman–Crippen LogP) is 3.77. The Morgan fingerprint density at radius 2 is 2.15 bits per heavy atom. The zero-order valence-electron chi connectivity index (χ0n) is 6.45. The number of rotatable bonds is 1. The van der Waals surface area contributed by atoms with Gasteiger partial charge in [-0.1, -0.05) is 15.9 Å². The predicted molar refractivity (Wildman–Crippen MR) is 62.2 cm³/mol. The van der Waals surface area contributed by atoms with Crippen LogP contribution in [0.3, 0.4) is 0 Å². The summed E-state index contributed by atoms with van der Waals surface area (Å²) in [6.45, 7) is 0. The first-order valence-corrected chi connectivity index (χ1v) is 5.63. The molecule has 0 radical (unpaired) electrons.